The third kappa shape index (κ3) is 1.76. The zero-order valence-electron chi connectivity index (χ0n) is 8.77. The van der Waals surface area contributed by atoms with Crippen molar-refractivity contribution in [1.29, 1.82) is 0 Å². The van der Waals surface area contributed by atoms with E-state index in [0.717, 1.165) is 5.56 Å². The highest BCUT2D eigenvalue weighted by Gasteiger charge is 2.41. The van der Waals surface area contributed by atoms with Gasteiger partial charge in [-0.15, -0.1) is 5.10 Å². The Balaban J connectivity index is 2.11. The highest BCUT2D eigenvalue weighted by Crippen LogP contribution is 2.37. The minimum atomic E-state index is -1.04. The minimum absolute atomic E-state index is 0.598. The second-order valence-corrected chi connectivity index (χ2v) is 5.45. The first kappa shape index (κ1) is 11.4. The van der Waals surface area contributed by atoms with Gasteiger partial charge in [-0.1, -0.05) is 23.7 Å². The molecule has 1 atom stereocenters. The first-order valence-electron chi connectivity index (χ1n) is 5.19. The Morgan fingerprint density at radius 3 is 2.76 bits per heavy atom. The lowest BCUT2D eigenvalue weighted by Crippen LogP contribution is -2.25. The van der Waals surface area contributed by atoms with Gasteiger partial charge < -0.3 is 5.11 Å². The van der Waals surface area contributed by atoms with Crippen LogP contribution in [0.1, 0.15) is 17.8 Å². The van der Waals surface area contributed by atoms with Crippen molar-refractivity contribution in [3.05, 3.63) is 44.5 Å². The molecule has 3 rings (SSSR count). The number of nitrogens with zero attached hydrogens (tertiary/aromatic N) is 3. The van der Waals surface area contributed by atoms with Crippen LogP contribution in [0.5, 0.6) is 0 Å². The Labute approximate surface area is 117 Å². The number of benzene rings is 1. The van der Waals surface area contributed by atoms with E-state index >= 15 is 0 Å². The lowest BCUT2D eigenvalue weighted by atomic mass is 9.92. The molecule has 6 heteroatoms. The lowest BCUT2D eigenvalue weighted by Gasteiger charge is -2.21. The number of hydrogen-bond acceptors (Lipinski definition) is 3. The number of aliphatic hydroxyl groups is 1. The van der Waals surface area contributed by atoms with E-state index in [1.54, 1.807) is 16.8 Å². The average molecular weight is 362 g/mol. The molecule has 0 spiro atoms. The van der Waals surface area contributed by atoms with Gasteiger partial charge in [-0.05, 0) is 17.7 Å². The summed E-state index contributed by atoms with van der Waals surface area (Å²) in [5.41, 5.74) is -0.231. The van der Waals surface area contributed by atoms with Gasteiger partial charge in [0.05, 0.1) is 0 Å². The summed E-state index contributed by atoms with van der Waals surface area (Å²) in [6.45, 7) is 0.685. The predicted octanol–water partition coefficient (Wildman–Crippen LogP) is 2.18. The summed E-state index contributed by atoms with van der Waals surface area (Å²) >= 11 is 7.90. The van der Waals surface area contributed by atoms with Crippen molar-refractivity contribution in [3.8, 4) is 0 Å². The summed E-state index contributed by atoms with van der Waals surface area (Å²) < 4.78 is 2.42. The van der Waals surface area contributed by atoms with Crippen LogP contribution in [0, 0.1) is 3.83 Å². The van der Waals surface area contributed by atoms with Crippen LogP contribution in [-0.4, -0.2) is 19.9 Å². The number of halogens is 2. The van der Waals surface area contributed by atoms with Crippen LogP contribution in [-0.2, 0) is 12.1 Å². The summed E-state index contributed by atoms with van der Waals surface area (Å²) in [5.74, 6) is 0.615. The summed E-state index contributed by atoms with van der Waals surface area (Å²) in [4.78, 5) is 4.30. The molecule has 0 unspecified atom stereocenters. The van der Waals surface area contributed by atoms with Crippen LogP contribution >= 0.6 is 34.2 Å². The van der Waals surface area contributed by atoms with Gasteiger partial charge in [0.2, 0.25) is 3.83 Å². The Morgan fingerprint density at radius 1 is 1.35 bits per heavy atom. The van der Waals surface area contributed by atoms with E-state index in [2.05, 4.69) is 10.1 Å². The summed E-state index contributed by atoms with van der Waals surface area (Å²) in [6.07, 6.45) is 0.598. The molecule has 2 aromatic rings. The highest BCUT2D eigenvalue weighted by molar-refractivity contribution is 14.1. The van der Waals surface area contributed by atoms with E-state index < -0.39 is 5.60 Å². The highest BCUT2D eigenvalue weighted by atomic mass is 127. The van der Waals surface area contributed by atoms with Gasteiger partial charge in [0.25, 0.3) is 0 Å². The molecule has 0 amide bonds. The molecule has 0 bridgehead atoms. The van der Waals surface area contributed by atoms with E-state index in [4.69, 9.17) is 11.6 Å². The molecule has 1 aromatic heterocycles. The fourth-order valence-corrected chi connectivity index (χ4v) is 2.77. The molecule has 1 aromatic carbocycles. The molecule has 1 aliphatic rings. The smallest absolute Gasteiger partial charge is 0.211 e. The van der Waals surface area contributed by atoms with Gasteiger partial charge in [-0.2, -0.15) is 0 Å². The normalized spacial score (nSPS) is 22.8. The predicted molar refractivity (Wildman–Crippen MR) is 71.8 cm³/mol. The van der Waals surface area contributed by atoms with Crippen molar-refractivity contribution < 1.29 is 5.11 Å². The first-order chi connectivity index (χ1) is 8.09. The van der Waals surface area contributed by atoms with Crippen molar-refractivity contribution in [1.82, 2.24) is 14.8 Å². The van der Waals surface area contributed by atoms with E-state index in [9.17, 15) is 5.11 Å². The van der Waals surface area contributed by atoms with Crippen molar-refractivity contribution >= 4 is 34.2 Å². The first-order valence-corrected chi connectivity index (χ1v) is 6.64. The van der Waals surface area contributed by atoms with Crippen molar-refractivity contribution in [2.45, 2.75) is 18.6 Å². The topological polar surface area (TPSA) is 50.9 Å². The van der Waals surface area contributed by atoms with Gasteiger partial charge >= 0.3 is 0 Å². The second-order valence-electron chi connectivity index (χ2n) is 4.04. The zero-order chi connectivity index (χ0) is 12.0. The van der Waals surface area contributed by atoms with Gasteiger partial charge in [0.15, 0.2) is 11.4 Å². The molecule has 0 saturated heterocycles. The van der Waals surface area contributed by atoms with E-state index in [-0.39, 0.29) is 0 Å². The Hall–Kier alpha value is -0.660. The van der Waals surface area contributed by atoms with Gasteiger partial charge in [-0.3, -0.25) is 0 Å². The molecule has 4 nitrogen and oxygen atoms in total. The Kier molecular flexibility index (Phi) is 2.64. The number of hydrogen-bond donors (Lipinski definition) is 1. The zero-order valence-corrected chi connectivity index (χ0v) is 11.7. The van der Waals surface area contributed by atoms with Crippen LogP contribution in [0.25, 0.3) is 0 Å². The number of fused-ring (bicyclic) bond motifs is 1. The third-order valence-corrected chi connectivity index (χ3v) is 3.73. The molecule has 2 heterocycles. The standard InChI is InChI=1S/C11H9ClIN3O/c12-8-3-1-7(2-4-8)11(17)5-6-16-9(11)14-10(13)15-16/h1-4,17H,5-6H2/t11-/m1/s1. The van der Waals surface area contributed by atoms with Gasteiger partial charge in [0.1, 0.15) is 0 Å². The minimum Gasteiger partial charge on any atom is -0.377 e. The third-order valence-electron chi connectivity index (χ3n) is 3.02. The van der Waals surface area contributed by atoms with Crippen molar-refractivity contribution in [2.24, 2.45) is 0 Å². The maximum atomic E-state index is 10.7. The van der Waals surface area contributed by atoms with Crippen molar-refractivity contribution in [2.75, 3.05) is 0 Å². The van der Waals surface area contributed by atoms with Gasteiger partial charge in [-0.25, -0.2) is 9.67 Å². The average Bonchev–Trinajstić information content (AvgIpc) is 2.81. The molecular weight excluding hydrogens is 352 g/mol. The van der Waals surface area contributed by atoms with E-state index in [1.165, 1.54) is 0 Å². The molecule has 1 N–H and O–H groups in total. The monoisotopic (exact) mass is 361 g/mol. The van der Waals surface area contributed by atoms with Crippen LogP contribution in [0.2, 0.25) is 5.02 Å². The summed E-state index contributed by atoms with van der Waals surface area (Å²) in [5, 5.41) is 15.6. The van der Waals surface area contributed by atoms with Crippen LogP contribution in [0.15, 0.2) is 24.3 Å². The Bertz CT molecular complexity index is 569. The van der Waals surface area contributed by atoms with Crippen molar-refractivity contribution in [3.63, 3.8) is 0 Å². The molecule has 88 valence electrons. The van der Waals surface area contributed by atoms with E-state index in [1.807, 2.05) is 34.7 Å². The van der Waals surface area contributed by atoms with Crippen LogP contribution in [0.3, 0.4) is 0 Å². The molecule has 0 saturated carbocycles. The fraction of sp³-hybridized carbons (Fsp3) is 0.273. The SMILES string of the molecule is O[C@@]1(c2ccc(Cl)cc2)CCn2nc(I)nc21. The van der Waals surface area contributed by atoms with Crippen LogP contribution < -0.4 is 0 Å². The molecule has 17 heavy (non-hydrogen) atoms. The summed E-state index contributed by atoms with van der Waals surface area (Å²) in [6, 6.07) is 7.22. The quantitative estimate of drug-likeness (QED) is 0.792. The number of rotatable bonds is 1. The van der Waals surface area contributed by atoms with Crippen LogP contribution in [0.4, 0.5) is 0 Å². The molecule has 0 fully saturated rings. The molecule has 0 aliphatic carbocycles. The summed E-state index contributed by atoms with van der Waals surface area (Å²) in [7, 11) is 0. The fourth-order valence-electron chi connectivity index (χ4n) is 2.15. The van der Waals surface area contributed by atoms with E-state index in [0.29, 0.717) is 27.6 Å². The Morgan fingerprint density at radius 2 is 2.06 bits per heavy atom. The second kappa shape index (κ2) is 3.93. The molecular formula is C11H9ClIN3O. The lowest BCUT2D eigenvalue weighted by molar-refractivity contribution is 0.0784. The number of aromatic nitrogens is 3. The largest absolute Gasteiger partial charge is 0.377 e. The molecule has 1 aliphatic heterocycles. The molecule has 0 radical (unpaired) electrons. The van der Waals surface area contributed by atoms with Gasteiger partial charge in [0, 0.05) is 40.6 Å². The maximum Gasteiger partial charge on any atom is 0.211 e. The maximum absolute atomic E-state index is 10.7. The number of aryl methyl sites for hydroxylation is 1.